The number of aromatic amines is 1. The molecular formula is C16H16ClN3. The van der Waals surface area contributed by atoms with E-state index in [1.165, 1.54) is 16.5 Å². The minimum Gasteiger partial charge on any atom is -0.361 e. The van der Waals surface area contributed by atoms with Crippen LogP contribution < -0.4 is 5.32 Å². The third-order valence-corrected chi connectivity index (χ3v) is 3.77. The molecule has 3 nitrogen and oxygen atoms in total. The predicted octanol–water partition coefficient (Wildman–Crippen LogP) is 4.07. The minimum atomic E-state index is 0.287. The molecule has 0 spiro atoms. The Morgan fingerprint density at radius 1 is 1.25 bits per heavy atom. The van der Waals surface area contributed by atoms with Crippen LogP contribution in [0.4, 0.5) is 0 Å². The van der Waals surface area contributed by atoms with Crippen LogP contribution in [0, 0.1) is 0 Å². The Morgan fingerprint density at radius 2 is 2.05 bits per heavy atom. The van der Waals surface area contributed by atoms with Crippen LogP contribution in [0.2, 0.25) is 5.02 Å². The molecule has 0 aliphatic carbocycles. The molecule has 2 N–H and O–H groups in total. The van der Waals surface area contributed by atoms with Gasteiger partial charge in [0.2, 0.25) is 0 Å². The maximum absolute atomic E-state index is 5.99. The zero-order chi connectivity index (χ0) is 13.9. The molecule has 4 heteroatoms. The Bertz CT molecular complexity index is 706. The number of fused-ring (bicyclic) bond motifs is 1. The Kier molecular flexibility index (Phi) is 3.72. The van der Waals surface area contributed by atoms with Crippen molar-refractivity contribution in [1.29, 1.82) is 0 Å². The van der Waals surface area contributed by atoms with Gasteiger partial charge in [0.1, 0.15) is 0 Å². The molecule has 1 atom stereocenters. The van der Waals surface area contributed by atoms with E-state index in [1.807, 2.05) is 42.9 Å². The monoisotopic (exact) mass is 285 g/mol. The summed E-state index contributed by atoms with van der Waals surface area (Å²) in [6.45, 7) is 2.96. The van der Waals surface area contributed by atoms with Crippen molar-refractivity contribution in [2.75, 3.05) is 0 Å². The third kappa shape index (κ3) is 2.69. The molecule has 0 fully saturated rings. The normalized spacial score (nSPS) is 12.7. The Labute approximate surface area is 123 Å². The van der Waals surface area contributed by atoms with Crippen LogP contribution in [-0.2, 0) is 6.54 Å². The van der Waals surface area contributed by atoms with Crippen molar-refractivity contribution in [3.8, 4) is 0 Å². The minimum absolute atomic E-state index is 0.287. The summed E-state index contributed by atoms with van der Waals surface area (Å²) in [7, 11) is 0. The van der Waals surface area contributed by atoms with Gasteiger partial charge in [0, 0.05) is 47.1 Å². The van der Waals surface area contributed by atoms with E-state index in [9.17, 15) is 0 Å². The number of benzene rings is 1. The van der Waals surface area contributed by atoms with Gasteiger partial charge in [0.25, 0.3) is 0 Å². The summed E-state index contributed by atoms with van der Waals surface area (Å²) in [5.74, 6) is 0. The van der Waals surface area contributed by atoms with E-state index in [0.717, 1.165) is 17.1 Å². The second-order valence-corrected chi connectivity index (χ2v) is 5.32. The average Bonchev–Trinajstić information content (AvgIpc) is 2.88. The molecule has 2 aromatic heterocycles. The highest BCUT2D eigenvalue weighted by Crippen LogP contribution is 2.22. The average molecular weight is 286 g/mol. The van der Waals surface area contributed by atoms with Crippen molar-refractivity contribution in [3.63, 3.8) is 0 Å². The molecule has 20 heavy (non-hydrogen) atoms. The first-order valence-corrected chi connectivity index (χ1v) is 7.00. The predicted molar refractivity (Wildman–Crippen MR) is 82.8 cm³/mol. The van der Waals surface area contributed by atoms with Gasteiger partial charge >= 0.3 is 0 Å². The van der Waals surface area contributed by atoms with Crippen molar-refractivity contribution in [2.45, 2.75) is 19.5 Å². The third-order valence-electron chi connectivity index (χ3n) is 3.53. The topological polar surface area (TPSA) is 40.7 Å². The van der Waals surface area contributed by atoms with Gasteiger partial charge in [-0.3, -0.25) is 4.98 Å². The zero-order valence-corrected chi connectivity index (χ0v) is 12.0. The second-order valence-electron chi connectivity index (χ2n) is 4.89. The van der Waals surface area contributed by atoms with Crippen LogP contribution >= 0.6 is 11.6 Å². The first kappa shape index (κ1) is 13.2. The largest absolute Gasteiger partial charge is 0.361 e. The van der Waals surface area contributed by atoms with Crippen LogP contribution in [-0.4, -0.2) is 9.97 Å². The van der Waals surface area contributed by atoms with Gasteiger partial charge in [0.05, 0.1) is 0 Å². The molecule has 1 aromatic carbocycles. The summed E-state index contributed by atoms with van der Waals surface area (Å²) < 4.78 is 0. The van der Waals surface area contributed by atoms with Crippen LogP contribution in [0.15, 0.2) is 48.9 Å². The number of H-pyrrole nitrogens is 1. The van der Waals surface area contributed by atoms with E-state index in [0.29, 0.717) is 0 Å². The molecule has 3 rings (SSSR count). The molecule has 102 valence electrons. The Hall–Kier alpha value is -1.84. The highest BCUT2D eigenvalue weighted by atomic mass is 35.5. The van der Waals surface area contributed by atoms with E-state index in [-0.39, 0.29) is 6.04 Å². The smallest absolute Gasteiger partial charge is 0.0472 e. The first-order valence-electron chi connectivity index (χ1n) is 6.63. The molecule has 0 amide bonds. The molecule has 0 bridgehead atoms. The number of hydrogen-bond acceptors (Lipinski definition) is 2. The number of aromatic nitrogens is 2. The molecule has 0 aliphatic rings. The molecule has 0 unspecified atom stereocenters. The van der Waals surface area contributed by atoms with E-state index in [4.69, 9.17) is 11.6 Å². The summed E-state index contributed by atoms with van der Waals surface area (Å²) in [6.07, 6.45) is 5.68. The lowest BCUT2D eigenvalue weighted by molar-refractivity contribution is 0.576. The van der Waals surface area contributed by atoms with Crippen molar-refractivity contribution < 1.29 is 0 Å². The van der Waals surface area contributed by atoms with Gasteiger partial charge in [-0.25, -0.2) is 0 Å². The lowest BCUT2D eigenvalue weighted by atomic mass is 10.1. The highest BCUT2D eigenvalue weighted by molar-refractivity contribution is 6.31. The summed E-state index contributed by atoms with van der Waals surface area (Å²) in [4.78, 5) is 7.30. The van der Waals surface area contributed by atoms with Crippen molar-refractivity contribution in [1.82, 2.24) is 15.3 Å². The molecule has 0 radical (unpaired) electrons. The first-order chi connectivity index (χ1) is 9.74. The van der Waals surface area contributed by atoms with Gasteiger partial charge < -0.3 is 10.3 Å². The van der Waals surface area contributed by atoms with Crippen molar-refractivity contribution in [2.24, 2.45) is 0 Å². The van der Waals surface area contributed by atoms with Crippen LogP contribution in [0.1, 0.15) is 24.1 Å². The molecule has 2 heterocycles. The molecule has 0 aliphatic heterocycles. The zero-order valence-electron chi connectivity index (χ0n) is 11.2. The SMILES string of the molecule is C[C@@H](NCc1c[nH]c2cc(Cl)ccc12)c1ccncc1. The molecular weight excluding hydrogens is 270 g/mol. The van der Waals surface area contributed by atoms with Gasteiger partial charge in [-0.15, -0.1) is 0 Å². The lowest BCUT2D eigenvalue weighted by Gasteiger charge is -2.13. The summed E-state index contributed by atoms with van der Waals surface area (Å²) in [5.41, 5.74) is 3.56. The lowest BCUT2D eigenvalue weighted by Crippen LogP contribution is -2.17. The highest BCUT2D eigenvalue weighted by Gasteiger charge is 2.07. The summed E-state index contributed by atoms with van der Waals surface area (Å²) >= 11 is 5.99. The summed E-state index contributed by atoms with van der Waals surface area (Å²) in [5, 5.41) is 5.49. The van der Waals surface area contributed by atoms with Crippen LogP contribution in [0.25, 0.3) is 10.9 Å². The number of pyridine rings is 1. The van der Waals surface area contributed by atoms with Gasteiger partial charge in [0.15, 0.2) is 0 Å². The molecule has 0 saturated carbocycles. The van der Waals surface area contributed by atoms with Gasteiger partial charge in [-0.2, -0.15) is 0 Å². The fourth-order valence-corrected chi connectivity index (χ4v) is 2.51. The van der Waals surface area contributed by atoms with Gasteiger partial charge in [-0.1, -0.05) is 17.7 Å². The van der Waals surface area contributed by atoms with E-state index in [2.05, 4.69) is 28.3 Å². The van der Waals surface area contributed by atoms with Gasteiger partial charge in [-0.05, 0) is 42.3 Å². The van der Waals surface area contributed by atoms with E-state index in [1.54, 1.807) is 0 Å². The van der Waals surface area contributed by atoms with Crippen LogP contribution in [0.3, 0.4) is 0 Å². The second kappa shape index (κ2) is 5.65. The Balaban J connectivity index is 1.74. The maximum atomic E-state index is 5.99. The summed E-state index contributed by atoms with van der Waals surface area (Å²) in [6, 6.07) is 10.3. The molecule has 0 saturated heterocycles. The maximum Gasteiger partial charge on any atom is 0.0472 e. The standard InChI is InChI=1S/C16H16ClN3/c1-11(12-4-6-18-7-5-12)19-9-13-10-20-16-8-14(17)2-3-15(13)16/h2-8,10-11,19-20H,9H2,1H3/t11-/m1/s1. The van der Waals surface area contributed by atoms with Crippen molar-refractivity contribution in [3.05, 3.63) is 65.1 Å². The number of halogens is 1. The quantitative estimate of drug-likeness (QED) is 0.759. The number of hydrogen-bond donors (Lipinski definition) is 2. The fourth-order valence-electron chi connectivity index (χ4n) is 2.34. The van der Waals surface area contributed by atoms with E-state index < -0.39 is 0 Å². The fraction of sp³-hybridized carbons (Fsp3) is 0.188. The molecule has 3 aromatic rings. The van der Waals surface area contributed by atoms with Crippen molar-refractivity contribution >= 4 is 22.5 Å². The Morgan fingerprint density at radius 3 is 2.85 bits per heavy atom. The number of nitrogens with zero attached hydrogens (tertiary/aromatic N) is 1. The number of rotatable bonds is 4. The van der Waals surface area contributed by atoms with E-state index >= 15 is 0 Å². The number of nitrogens with one attached hydrogen (secondary N) is 2. The van der Waals surface area contributed by atoms with Crippen LogP contribution in [0.5, 0.6) is 0 Å².